The van der Waals surface area contributed by atoms with Crippen LogP contribution < -0.4 is 11.1 Å². The van der Waals surface area contributed by atoms with Crippen LogP contribution in [0, 0.1) is 5.92 Å². The zero-order valence-electron chi connectivity index (χ0n) is 15.9. The number of likely N-dealkylation sites (tertiary alicyclic amines) is 1. The molecule has 0 bridgehead atoms. The van der Waals surface area contributed by atoms with E-state index in [1.807, 2.05) is 0 Å². The smallest absolute Gasteiger partial charge is 0.279 e. The van der Waals surface area contributed by atoms with E-state index in [-0.39, 0.29) is 28.5 Å². The number of amides is 1. The third kappa shape index (κ3) is 4.32. The maximum Gasteiger partial charge on any atom is 0.279 e. The Labute approximate surface area is 157 Å². The molecule has 0 aliphatic carbocycles. The van der Waals surface area contributed by atoms with Crippen LogP contribution in [0.5, 0.6) is 0 Å². The highest BCUT2D eigenvalue weighted by atomic mass is 16.2. The topological polar surface area (TPSA) is 101 Å². The van der Waals surface area contributed by atoms with Crippen LogP contribution in [-0.2, 0) is 12.0 Å². The molecule has 0 spiro atoms. The first-order chi connectivity index (χ1) is 12.8. The number of carbonyl (C=O) groups excluding carboxylic acids is 1. The van der Waals surface area contributed by atoms with Crippen LogP contribution >= 0.6 is 0 Å². The summed E-state index contributed by atoms with van der Waals surface area (Å²) in [4.78, 5) is 44.4. The van der Waals surface area contributed by atoms with Gasteiger partial charge in [0.1, 0.15) is 0 Å². The zero-order valence-corrected chi connectivity index (χ0v) is 15.9. The summed E-state index contributed by atoms with van der Waals surface area (Å²) in [6, 6.07) is 3.35. The Morgan fingerprint density at radius 2 is 1.93 bits per heavy atom. The highest BCUT2D eigenvalue weighted by Gasteiger charge is 2.26. The molecule has 0 saturated carbocycles. The predicted octanol–water partition coefficient (Wildman–Crippen LogP) is 1.18. The average molecular weight is 371 g/mol. The third-order valence-electron chi connectivity index (χ3n) is 4.88. The van der Waals surface area contributed by atoms with Crippen LogP contribution in [-0.4, -0.2) is 43.6 Å². The summed E-state index contributed by atoms with van der Waals surface area (Å²) < 4.78 is 1.53. The number of aromatic amines is 1. The first kappa shape index (κ1) is 19.0. The van der Waals surface area contributed by atoms with Crippen LogP contribution in [0.3, 0.4) is 0 Å². The quantitative estimate of drug-likeness (QED) is 0.873. The lowest BCUT2D eigenvalue weighted by molar-refractivity contribution is 0.0672. The number of hydrogen-bond donors (Lipinski definition) is 1. The molecule has 8 nitrogen and oxygen atoms in total. The number of piperidine rings is 1. The van der Waals surface area contributed by atoms with Crippen molar-refractivity contribution in [2.75, 3.05) is 13.1 Å². The number of H-pyrrole nitrogens is 1. The Hall–Kier alpha value is -2.77. The van der Waals surface area contributed by atoms with Gasteiger partial charge in [0.05, 0.1) is 5.69 Å². The highest BCUT2D eigenvalue weighted by Crippen LogP contribution is 2.21. The van der Waals surface area contributed by atoms with E-state index in [0.717, 1.165) is 18.5 Å². The van der Waals surface area contributed by atoms with E-state index in [1.54, 1.807) is 17.0 Å². The van der Waals surface area contributed by atoms with Gasteiger partial charge in [-0.2, -0.15) is 5.10 Å². The lowest BCUT2D eigenvalue weighted by Crippen LogP contribution is -2.42. The van der Waals surface area contributed by atoms with Crippen LogP contribution in [0.15, 0.2) is 34.1 Å². The molecule has 27 heavy (non-hydrogen) atoms. The normalized spacial score (nSPS) is 15.7. The molecule has 2 aromatic heterocycles. The lowest BCUT2D eigenvalue weighted by atomic mass is 9.92. The average Bonchev–Trinajstić information content (AvgIpc) is 2.63. The van der Waals surface area contributed by atoms with Crippen molar-refractivity contribution in [3.05, 3.63) is 56.6 Å². The summed E-state index contributed by atoms with van der Waals surface area (Å²) in [5, 5.41) is 4.52. The molecule has 144 valence electrons. The standard InChI is InChI=1S/C19H25N5O3/c1-19(2,3)14-4-5-15(25)24(22-14)12-13-6-10-23(11-7-13)18(27)16-17(26)21-9-8-20-16/h4-5,8-9,13H,6-7,10-12H2,1-3H3,(H,21,26). The van der Waals surface area contributed by atoms with Crippen molar-refractivity contribution in [2.24, 2.45) is 5.92 Å². The van der Waals surface area contributed by atoms with Gasteiger partial charge in [0, 0.05) is 43.5 Å². The van der Waals surface area contributed by atoms with Crippen molar-refractivity contribution in [1.29, 1.82) is 0 Å². The number of rotatable bonds is 3. The van der Waals surface area contributed by atoms with E-state index >= 15 is 0 Å². The minimum absolute atomic E-state index is 0.0771. The van der Waals surface area contributed by atoms with Crippen molar-refractivity contribution in [3.8, 4) is 0 Å². The van der Waals surface area contributed by atoms with E-state index in [0.29, 0.717) is 19.6 Å². The van der Waals surface area contributed by atoms with Gasteiger partial charge in [-0.15, -0.1) is 0 Å². The number of nitrogens with zero attached hydrogens (tertiary/aromatic N) is 4. The Balaban J connectivity index is 1.65. The monoisotopic (exact) mass is 371 g/mol. The molecule has 2 aromatic rings. The molecule has 1 amide bonds. The molecule has 1 N–H and O–H groups in total. The van der Waals surface area contributed by atoms with E-state index < -0.39 is 5.56 Å². The summed E-state index contributed by atoms with van der Waals surface area (Å²) >= 11 is 0. The number of aromatic nitrogens is 4. The number of carbonyl (C=O) groups is 1. The second-order valence-electron chi connectivity index (χ2n) is 7.99. The van der Waals surface area contributed by atoms with E-state index in [1.165, 1.54) is 17.1 Å². The maximum absolute atomic E-state index is 12.5. The van der Waals surface area contributed by atoms with Crippen molar-refractivity contribution in [2.45, 2.75) is 45.6 Å². The minimum Gasteiger partial charge on any atom is -0.337 e. The zero-order chi connectivity index (χ0) is 19.6. The van der Waals surface area contributed by atoms with Crippen molar-refractivity contribution in [3.63, 3.8) is 0 Å². The molecule has 1 saturated heterocycles. The summed E-state index contributed by atoms with van der Waals surface area (Å²) in [5.41, 5.74) is 0.0951. The molecule has 1 aliphatic heterocycles. The Morgan fingerprint density at radius 3 is 2.56 bits per heavy atom. The molecule has 8 heteroatoms. The summed E-state index contributed by atoms with van der Waals surface area (Å²) in [6.07, 6.45) is 4.32. The van der Waals surface area contributed by atoms with E-state index in [4.69, 9.17) is 0 Å². The molecule has 0 atom stereocenters. The van der Waals surface area contributed by atoms with Gasteiger partial charge < -0.3 is 9.88 Å². The minimum atomic E-state index is -0.473. The SMILES string of the molecule is CC(C)(C)c1ccc(=O)n(CC2CCN(C(=O)c3ncc[nH]c3=O)CC2)n1. The second-order valence-corrected chi connectivity index (χ2v) is 7.99. The summed E-state index contributed by atoms with van der Waals surface area (Å²) in [6.45, 7) is 7.80. The summed E-state index contributed by atoms with van der Waals surface area (Å²) in [5.74, 6) is -0.0863. The molecule has 3 heterocycles. The van der Waals surface area contributed by atoms with Crippen LogP contribution in [0.1, 0.15) is 49.8 Å². The van der Waals surface area contributed by atoms with Gasteiger partial charge in [0.25, 0.3) is 17.0 Å². The predicted molar refractivity (Wildman–Crippen MR) is 101 cm³/mol. The third-order valence-corrected chi connectivity index (χ3v) is 4.88. The molecule has 0 radical (unpaired) electrons. The Kier molecular flexibility index (Phi) is 5.25. The molecule has 0 aromatic carbocycles. The molecular weight excluding hydrogens is 346 g/mol. The Bertz CT molecular complexity index is 933. The van der Waals surface area contributed by atoms with Crippen molar-refractivity contribution < 1.29 is 4.79 Å². The molecule has 1 aliphatic rings. The second kappa shape index (κ2) is 7.46. The molecule has 3 rings (SSSR count). The molecular formula is C19H25N5O3. The van der Waals surface area contributed by atoms with Gasteiger partial charge in [-0.25, -0.2) is 9.67 Å². The number of nitrogens with one attached hydrogen (secondary N) is 1. The molecule has 0 unspecified atom stereocenters. The fraction of sp³-hybridized carbons (Fsp3) is 0.526. The fourth-order valence-electron chi connectivity index (χ4n) is 3.20. The first-order valence-electron chi connectivity index (χ1n) is 9.17. The van der Waals surface area contributed by atoms with Gasteiger partial charge in [-0.3, -0.25) is 14.4 Å². The van der Waals surface area contributed by atoms with Gasteiger partial charge >= 0.3 is 0 Å². The first-order valence-corrected chi connectivity index (χ1v) is 9.17. The van der Waals surface area contributed by atoms with Crippen molar-refractivity contribution >= 4 is 5.91 Å². The maximum atomic E-state index is 12.5. The van der Waals surface area contributed by atoms with E-state index in [2.05, 4.69) is 35.8 Å². The largest absolute Gasteiger partial charge is 0.337 e. The summed E-state index contributed by atoms with van der Waals surface area (Å²) in [7, 11) is 0. The fourth-order valence-corrected chi connectivity index (χ4v) is 3.20. The van der Waals surface area contributed by atoms with Gasteiger partial charge in [-0.05, 0) is 24.8 Å². The van der Waals surface area contributed by atoms with Crippen molar-refractivity contribution in [1.82, 2.24) is 24.6 Å². The van der Waals surface area contributed by atoms with Crippen LogP contribution in [0.2, 0.25) is 0 Å². The van der Waals surface area contributed by atoms with Gasteiger partial charge in [0.15, 0.2) is 5.69 Å². The highest BCUT2D eigenvalue weighted by molar-refractivity contribution is 5.91. The number of hydrogen-bond acceptors (Lipinski definition) is 5. The van der Waals surface area contributed by atoms with Crippen LogP contribution in [0.4, 0.5) is 0 Å². The Morgan fingerprint density at radius 1 is 1.22 bits per heavy atom. The molecule has 1 fully saturated rings. The van der Waals surface area contributed by atoms with Gasteiger partial charge in [0.2, 0.25) is 0 Å². The van der Waals surface area contributed by atoms with Gasteiger partial charge in [-0.1, -0.05) is 20.8 Å². The van der Waals surface area contributed by atoms with E-state index in [9.17, 15) is 14.4 Å². The van der Waals surface area contributed by atoms with Crippen LogP contribution in [0.25, 0.3) is 0 Å². The lowest BCUT2D eigenvalue weighted by Gasteiger charge is -2.31.